The molecular weight excluding hydrogens is 440 g/mol. The fourth-order valence-corrected chi connectivity index (χ4v) is 3.71. The summed E-state index contributed by atoms with van der Waals surface area (Å²) in [5.74, 6) is 0.842. The van der Waals surface area contributed by atoms with Crippen LogP contribution in [0, 0.1) is 6.92 Å². The fourth-order valence-electron chi connectivity index (χ4n) is 3.71. The van der Waals surface area contributed by atoms with E-state index in [9.17, 15) is 4.79 Å². The number of benzene rings is 3. The molecule has 1 heterocycles. The maximum absolute atomic E-state index is 12.4. The number of carbonyl (C=O) groups excluding carboxylic acids is 1. The molecule has 1 unspecified atom stereocenters. The number of fused-ring (bicyclic) bond motifs is 1. The molecule has 6 heteroatoms. The molecule has 0 amide bonds. The number of carbonyl (C=O) groups is 1. The van der Waals surface area contributed by atoms with Gasteiger partial charge in [-0.05, 0) is 44.4 Å². The van der Waals surface area contributed by atoms with Crippen molar-refractivity contribution in [2.24, 2.45) is 0 Å². The SMILES string of the molecule is CCOC(=O)C(OCCCCOc1nc(-c2ccc(C)cc2)nc2ccccc12)c1ccccc1. The monoisotopic (exact) mass is 470 g/mol. The topological polar surface area (TPSA) is 70.5 Å². The molecule has 0 aliphatic carbocycles. The Kier molecular flexibility index (Phi) is 8.41. The van der Waals surface area contributed by atoms with Crippen LogP contribution in [-0.2, 0) is 14.3 Å². The van der Waals surface area contributed by atoms with Crippen molar-refractivity contribution in [1.82, 2.24) is 9.97 Å². The minimum atomic E-state index is -0.722. The molecule has 6 nitrogen and oxygen atoms in total. The van der Waals surface area contributed by atoms with E-state index in [0.717, 1.165) is 34.9 Å². The van der Waals surface area contributed by atoms with Crippen LogP contribution in [0.3, 0.4) is 0 Å². The van der Waals surface area contributed by atoms with Gasteiger partial charge in [0.1, 0.15) is 0 Å². The Morgan fingerprint density at radius 3 is 2.34 bits per heavy atom. The fraction of sp³-hybridized carbons (Fsp3) is 0.276. The number of rotatable bonds is 11. The van der Waals surface area contributed by atoms with Gasteiger partial charge >= 0.3 is 5.97 Å². The summed E-state index contributed by atoms with van der Waals surface area (Å²) in [6.07, 6.45) is 0.763. The molecular formula is C29H30N2O4. The van der Waals surface area contributed by atoms with E-state index in [2.05, 4.69) is 6.92 Å². The van der Waals surface area contributed by atoms with Crippen LogP contribution in [0.15, 0.2) is 78.9 Å². The zero-order chi connectivity index (χ0) is 24.5. The Morgan fingerprint density at radius 2 is 1.57 bits per heavy atom. The van der Waals surface area contributed by atoms with Gasteiger partial charge in [0.25, 0.3) is 0 Å². The molecule has 0 aliphatic rings. The molecule has 0 saturated heterocycles. The van der Waals surface area contributed by atoms with Crippen LogP contribution in [0.25, 0.3) is 22.3 Å². The summed E-state index contributed by atoms with van der Waals surface area (Å²) >= 11 is 0. The second-order valence-corrected chi connectivity index (χ2v) is 8.20. The largest absolute Gasteiger partial charge is 0.477 e. The van der Waals surface area contributed by atoms with E-state index < -0.39 is 6.10 Å². The minimum Gasteiger partial charge on any atom is -0.477 e. The maximum Gasteiger partial charge on any atom is 0.339 e. The highest BCUT2D eigenvalue weighted by molar-refractivity contribution is 5.85. The molecule has 35 heavy (non-hydrogen) atoms. The second kappa shape index (κ2) is 12.1. The quantitative estimate of drug-likeness (QED) is 0.195. The van der Waals surface area contributed by atoms with E-state index in [1.165, 1.54) is 5.56 Å². The first-order chi connectivity index (χ1) is 17.2. The van der Waals surface area contributed by atoms with Gasteiger partial charge in [0.15, 0.2) is 11.9 Å². The Bertz CT molecular complexity index is 1240. The molecule has 0 fully saturated rings. The third-order valence-electron chi connectivity index (χ3n) is 5.54. The van der Waals surface area contributed by atoms with E-state index in [0.29, 0.717) is 31.5 Å². The van der Waals surface area contributed by atoms with Gasteiger partial charge in [0.2, 0.25) is 5.88 Å². The summed E-state index contributed by atoms with van der Waals surface area (Å²) in [7, 11) is 0. The Morgan fingerprint density at radius 1 is 0.857 bits per heavy atom. The van der Waals surface area contributed by atoms with Crippen LogP contribution in [0.5, 0.6) is 5.88 Å². The van der Waals surface area contributed by atoms with Gasteiger partial charge < -0.3 is 14.2 Å². The van der Waals surface area contributed by atoms with Crippen molar-refractivity contribution in [3.05, 3.63) is 90.0 Å². The summed E-state index contributed by atoms with van der Waals surface area (Å²) in [5.41, 5.74) is 3.77. The first-order valence-corrected chi connectivity index (χ1v) is 12.0. The van der Waals surface area contributed by atoms with Gasteiger partial charge in [-0.1, -0.05) is 72.3 Å². The van der Waals surface area contributed by atoms with Crippen LogP contribution in [-0.4, -0.2) is 35.8 Å². The van der Waals surface area contributed by atoms with Crippen molar-refractivity contribution in [1.29, 1.82) is 0 Å². The lowest BCUT2D eigenvalue weighted by molar-refractivity contribution is -0.157. The smallest absolute Gasteiger partial charge is 0.339 e. The highest BCUT2D eigenvalue weighted by atomic mass is 16.6. The van der Waals surface area contributed by atoms with Crippen molar-refractivity contribution in [3.63, 3.8) is 0 Å². The summed E-state index contributed by atoms with van der Waals surface area (Å²) < 4.78 is 17.2. The van der Waals surface area contributed by atoms with Crippen LogP contribution >= 0.6 is 0 Å². The predicted octanol–water partition coefficient (Wildman–Crippen LogP) is 6.09. The van der Waals surface area contributed by atoms with Crippen molar-refractivity contribution >= 4 is 16.9 Å². The lowest BCUT2D eigenvalue weighted by Gasteiger charge is -2.17. The van der Waals surface area contributed by atoms with E-state index in [1.807, 2.05) is 78.9 Å². The highest BCUT2D eigenvalue weighted by Crippen LogP contribution is 2.27. The molecule has 1 atom stereocenters. The van der Waals surface area contributed by atoms with Gasteiger partial charge in [0, 0.05) is 12.2 Å². The van der Waals surface area contributed by atoms with Crippen molar-refractivity contribution in [3.8, 4) is 17.3 Å². The third kappa shape index (κ3) is 6.43. The number of aromatic nitrogens is 2. The minimum absolute atomic E-state index is 0.316. The zero-order valence-electron chi connectivity index (χ0n) is 20.1. The molecule has 180 valence electrons. The molecule has 0 spiro atoms. The number of nitrogens with zero attached hydrogens (tertiary/aromatic N) is 2. The highest BCUT2D eigenvalue weighted by Gasteiger charge is 2.22. The molecule has 3 aromatic carbocycles. The second-order valence-electron chi connectivity index (χ2n) is 8.20. The first kappa shape index (κ1) is 24.4. The maximum atomic E-state index is 12.4. The number of hydrogen-bond donors (Lipinski definition) is 0. The summed E-state index contributed by atoms with van der Waals surface area (Å²) in [6, 6.07) is 25.4. The number of hydrogen-bond acceptors (Lipinski definition) is 6. The summed E-state index contributed by atoms with van der Waals surface area (Å²) in [6.45, 7) is 5.06. The third-order valence-corrected chi connectivity index (χ3v) is 5.54. The Hall–Kier alpha value is -3.77. The lowest BCUT2D eigenvalue weighted by atomic mass is 10.1. The van der Waals surface area contributed by atoms with Crippen molar-refractivity contribution in [2.45, 2.75) is 32.8 Å². The van der Waals surface area contributed by atoms with Gasteiger partial charge in [-0.3, -0.25) is 0 Å². The van der Waals surface area contributed by atoms with Crippen molar-refractivity contribution < 1.29 is 19.0 Å². The molecule has 0 aliphatic heterocycles. The van der Waals surface area contributed by atoms with Crippen LogP contribution in [0.4, 0.5) is 0 Å². The zero-order valence-corrected chi connectivity index (χ0v) is 20.1. The lowest BCUT2D eigenvalue weighted by Crippen LogP contribution is -2.19. The molecule has 0 saturated carbocycles. The standard InChI is InChI=1S/C29H30N2O4/c1-3-33-29(32)26(22-11-5-4-6-12-22)34-19-9-10-20-35-28-24-13-7-8-14-25(24)30-27(31-28)23-17-15-21(2)16-18-23/h4-8,11-18,26H,3,9-10,19-20H2,1-2H3. The normalized spacial score (nSPS) is 11.8. The van der Waals surface area contributed by atoms with Gasteiger partial charge in [-0.15, -0.1) is 0 Å². The molecule has 1 aromatic heterocycles. The van der Waals surface area contributed by atoms with Crippen LogP contribution in [0.1, 0.15) is 37.0 Å². The number of unbranched alkanes of at least 4 members (excludes halogenated alkanes) is 1. The van der Waals surface area contributed by atoms with Crippen molar-refractivity contribution in [2.75, 3.05) is 19.8 Å². The average molecular weight is 471 g/mol. The molecule has 0 radical (unpaired) electrons. The number of ether oxygens (including phenoxy) is 3. The van der Waals surface area contributed by atoms with Gasteiger partial charge in [-0.25, -0.2) is 9.78 Å². The predicted molar refractivity (Wildman–Crippen MR) is 136 cm³/mol. The average Bonchev–Trinajstić information content (AvgIpc) is 2.89. The number of para-hydroxylation sites is 1. The van der Waals surface area contributed by atoms with E-state index in [-0.39, 0.29) is 5.97 Å². The first-order valence-electron chi connectivity index (χ1n) is 12.0. The van der Waals surface area contributed by atoms with E-state index in [4.69, 9.17) is 24.2 Å². The van der Waals surface area contributed by atoms with Gasteiger partial charge in [-0.2, -0.15) is 4.98 Å². The molecule has 0 bridgehead atoms. The van der Waals surface area contributed by atoms with E-state index in [1.54, 1.807) is 6.92 Å². The number of aryl methyl sites for hydroxylation is 1. The van der Waals surface area contributed by atoms with Crippen LogP contribution in [0.2, 0.25) is 0 Å². The summed E-state index contributed by atoms with van der Waals surface area (Å²) in [4.78, 5) is 21.8. The Labute approximate surface area is 205 Å². The summed E-state index contributed by atoms with van der Waals surface area (Å²) in [5, 5.41) is 0.881. The molecule has 4 aromatic rings. The number of esters is 1. The van der Waals surface area contributed by atoms with Gasteiger partial charge in [0.05, 0.1) is 24.1 Å². The Balaban J connectivity index is 1.36. The van der Waals surface area contributed by atoms with Crippen LogP contribution < -0.4 is 4.74 Å². The molecule has 0 N–H and O–H groups in total. The molecule has 4 rings (SSSR count). The van der Waals surface area contributed by atoms with E-state index >= 15 is 0 Å².